The number of benzene rings is 1. The second kappa shape index (κ2) is 7.09. The smallest absolute Gasteiger partial charge is 0.336 e. The van der Waals surface area contributed by atoms with Crippen LogP contribution in [-0.2, 0) is 12.2 Å². The summed E-state index contributed by atoms with van der Waals surface area (Å²) in [5.74, 6) is 1.32. The number of carboxylic acids is 1. The molecule has 1 aromatic carbocycles. The zero-order chi connectivity index (χ0) is 15.4. The highest BCUT2D eigenvalue weighted by atomic mass is 79.9. The van der Waals surface area contributed by atoms with Crippen molar-refractivity contribution in [3.63, 3.8) is 0 Å². The van der Waals surface area contributed by atoms with Gasteiger partial charge in [-0.05, 0) is 40.0 Å². The van der Waals surface area contributed by atoms with Crippen LogP contribution in [-0.4, -0.2) is 21.2 Å². The number of rotatable bonds is 6. The number of aromatic nitrogens is 2. The predicted molar refractivity (Wildman–Crippen MR) is 83.5 cm³/mol. The molecule has 1 N–H and O–H groups in total. The normalized spacial score (nSPS) is 11.0. The van der Waals surface area contributed by atoms with Crippen LogP contribution in [0, 0.1) is 5.92 Å². The molecule has 0 aliphatic carbocycles. The lowest BCUT2D eigenvalue weighted by Crippen LogP contribution is -1.97. The van der Waals surface area contributed by atoms with Crippen LogP contribution >= 0.6 is 27.7 Å². The number of nitrogens with zero attached hydrogens (tertiary/aromatic N) is 2. The van der Waals surface area contributed by atoms with E-state index in [1.54, 1.807) is 12.1 Å². The molecule has 112 valence electrons. The molecule has 0 aliphatic heterocycles. The van der Waals surface area contributed by atoms with E-state index in [9.17, 15) is 4.79 Å². The first kappa shape index (κ1) is 16.0. The molecule has 1 aromatic heterocycles. The first-order chi connectivity index (χ1) is 9.95. The Kier molecular flexibility index (Phi) is 5.41. The second-order valence-electron chi connectivity index (χ2n) is 4.94. The Morgan fingerprint density at radius 2 is 2.24 bits per heavy atom. The van der Waals surface area contributed by atoms with E-state index in [1.165, 1.54) is 11.8 Å². The summed E-state index contributed by atoms with van der Waals surface area (Å²) in [4.78, 5) is 16.2. The third kappa shape index (κ3) is 4.57. The van der Waals surface area contributed by atoms with Crippen molar-refractivity contribution >= 4 is 33.7 Å². The third-order valence-electron chi connectivity index (χ3n) is 2.63. The van der Waals surface area contributed by atoms with Crippen LogP contribution in [0.15, 0.2) is 32.1 Å². The molecule has 0 saturated heterocycles. The molecule has 0 atom stereocenters. The molecule has 0 bridgehead atoms. The van der Waals surface area contributed by atoms with Gasteiger partial charge >= 0.3 is 5.97 Å². The van der Waals surface area contributed by atoms with Crippen molar-refractivity contribution in [2.75, 3.05) is 0 Å². The average molecular weight is 371 g/mol. The van der Waals surface area contributed by atoms with Gasteiger partial charge in [-0.15, -0.1) is 11.8 Å². The summed E-state index contributed by atoms with van der Waals surface area (Å²) in [6.07, 6.45) is 0.763. The van der Waals surface area contributed by atoms with E-state index in [-0.39, 0.29) is 5.56 Å². The topological polar surface area (TPSA) is 76.2 Å². The number of carbonyl (C=O) groups is 1. The fourth-order valence-corrected chi connectivity index (χ4v) is 2.88. The van der Waals surface area contributed by atoms with Crippen molar-refractivity contribution in [3.05, 3.63) is 40.0 Å². The minimum atomic E-state index is -0.955. The minimum Gasteiger partial charge on any atom is -0.478 e. The number of thioether (sulfide) groups is 1. The van der Waals surface area contributed by atoms with Crippen LogP contribution in [0.2, 0.25) is 0 Å². The van der Waals surface area contributed by atoms with Crippen molar-refractivity contribution in [2.45, 2.75) is 30.9 Å². The highest BCUT2D eigenvalue weighted by Crippen LogP contribution is 2.27. The van der Waals surface area contributed by atoms with E-state index in [0.29, 0.717) is 27.9 Å². The molecular formula is C14H15BrN2O3S. The zero-order valence-corrected chi connectivity index (χ0v) is 14.1. The first-order valence-electron chi connectivity index (χ1n) is 6.43. The van der Waals surface area contributed by atoms with Crippen molar-refractivity contribution < 1.29 is 14.4 Å². The summed E-state index contributed by atoms with van der Waals surface area (Å²) >= 11 is 4.70. The number of carboxylic acid groups (broad SMARTS) is 1. The average Bonchev–Trinajstić information content (AvgIpc) is 2.84. The van der Waals surface area contributed by atoms with Crippen molar-refractivity contribution in [1.82, 2.24) is 10.1 Å². The Morgan fingerprint density at radius 1 is 1.48 bits per heavy atom. The maximum absolute atomic E-state index is 11.1. The van der Waals surface area contributed by atoms with Gasteiger partial charge in [-0.25, -0.2) is 4.79 Å². The lowest BCUT2D eigenvalue weighted by molar-refractivity contribution is 0.0695. The highest BCUT2D eigenvalue weighted by molar-refractivity contribution is 9.10. The van der Waals surface area contributed by atoms with Crippen molar-refractivity contribution in [3.8, 4) is 0 Å². The van der Waals surface area contributed by atoms with Crippen LogP contribution in [0.3, 0.4) is 0 Å². The highest BCUT2D eigenvalue weighted by Gasteiger charge is 2.11. The van der Waals surface area contributed by atoms with Gasteiger partial charge in [-0.3, -0.25) is 0 Å². The van der Waals surface area contributed by atoms with Gasteiger partial charge in [0.2, 0.25) is 5.89 Å². The van der Waals surface area contributed by atoms with Gasteiger partial charge in [0.15, 0.2) is 5.82 Å². The molecule has 0 saturated carbocycles. The molecule has 5 nitrogen and oxygen atoms in total. The molecule has 0 unspecified atom stereocenters. The molecule has 2 rings (SSSR count). The lowest BCUT2D eigenvalue weighted by Gasteiger charge is -2.03. The van der Waals surface area contributed by atoms with Gasteiger partial charge in [0.1, 0.15) is 0 Å². The summed E-state index contributed by atoms with van der Waals surface area (Å²) in [5.41, 5.74) is 0.244. The van der Waals surface area contributed by atoms with Gasteiger partial charge in [-0.2, -0.15) is 4.98 Å². The van der Waals surface area contributed by atoms with Crippen LogP contribution in [0.4, 0.5) is 0 Å². The Labute approximate surface area is 135 Å². The lowest BCUT2D eigenvalue weighted by atomic mass is 10.1. The van der Waals surface area contributed by atoms with E-state index < -0.39 is 5.97 Å². The summed E-state index contributed by atoms with van der Waals surface area (Å²) in [7, 11) is 0. The molecule has 21 heavy (non-hydrogen) atoms. The molecule has 0 aliphatic rings. The van der Waals surface area contributed by atoms with E-state index in [4.69, 9.17) is 9.63 Å². The standard InChI is InChI=1S/C14H15BrN2O3S/c1-8(2)5-13-16-12(17-20-13)7-21-9-3-4-11(15)10(6-9)14(18)19/h3-4,6,8H,5,7H2,1-2H3,(H,18,19). The summed E-state index contributed by atoms with van der Waals surface area (Å²) < 4.78 is 5.74. The van der Waals surface area contributed by atoms with Crippen LogP contribution in [0.5, 0.6) is 0 Å². The van der Waals surface area contributed by atoms with E-state index in [0.717, 1.165) is 11.3 Å². The van der Waals surface area contributed by atoms with E-state index >= 15 is 0 Å². The van der Waals surface area contributed by atoms with Gasteiger partial charge in [-0.1, -0.05) is 19.0 Å². The van der Waals surface area contributed by atoms with E-state index in [2.05, 4.69) is 39.9 Å². The van der Waals surface area contributed by atoms with E-state index in [1.807, 2.05) is 6.07 Å². The Hall–Kier alpha value is -1.34. The predicted octanol–water partition coefficient (Wildman–Crippen LogP) is 4.02. The zero-order valence-electron chi connectivity index (χ0n) is 11.7. The molecule has 0 amide bonds. The number of hydrogen-bond donors (Lipinski definition) is 1. The minimum absolute atomic E-state index is 0.244. The Bertz CT molecular complexity index is 643. The van der Waals surface area contributed by atoms with Gasteiger partial charge in [0.25, 0.3) is 0 Å². The van der Waals surface area contributed by atoms with Gasteiger partial charge in [0.05, 0.1) is 11.3 Å². The van der Waals surface area contributed by atoms with Crippen LogP contribution in [0.25, 0.3) is 0 Å². The Balaban J connectivity index is 2.01. The number of aromatic carboxylic acids is 1. The van der Waals surface area contributed by atoms with Gasteiger partial charge in [0, 0.05) is 15.8 Å². The van der Waals surface area contributed by atoms with Crippen molar-refractivity contribution in [1.29, 1.82) is 0 Å². The van der Waals surface area contributed by atoms with Crippen molar-refractivity contribution in [2.24, 2.45) is 5.92 Å². The number of halogens is 1. The fraction of sp³-hybridized carbons (Fsp3) is 0.357. The molecule has 0 fully saturated rings. The third-order valence-corrected chi connectivity index (χ3v) is 4.31. The maximum Gasteiger partial charge on any atom is 0.336 e. The monoisotopic (exact) mass is 370 g/mol. The summed E-state index contributed by atoms with van der Waals surface area (Å²) in [5, 5.41) is 13.0. The molecule has 0 radical (unpaired) electrons. The fourth-order valence-electron chi connectivity index (χ4n) is 1.69. The molecule has 0 spiro atoms. The molecule has 7 heteroatoms. The van der Waals surface area contributed by atoms with Crippen LogP contribution < -0.4 is 0 Å². The molecule has 2 aromatic rings. The number of hydrogen-bond acceptors (Lipinski definition) is 5. The molecule has 1 heterocycles. The second-order valence-corrected chi connectivity index (χ2v) is 6.84. The SMILES string of the molecule is CC(C)Cc1nc(CSc2ccc(Br)c(C(=O)O)c2)no1. The Morgan fingerprint density at radius 3 is 2.90 bits per heavy atom. The van der Waals surface area contributed by atoms with Crippen LogP contribution in [0.1, 0.15) is 35.9 Å². The summed E-state index contributed by atoms with van der Waals surface area (Å²) in [6.45, 7) is 4.18. The van der Waals surface area contributed by atoms with Gasteiger partial charge < -0.3 is 9.63 Å². The quantitative estimate of drug-likeness (QED) is 0.773. The molecular weight excluding hydrogens is 356 g/mol. The maximum atomic E-state index is 11.1. The largest absolute Gasteiger partial charge is 0.478 e. The summed E-state index contributed by atoms with van der Waals surface area (Å²) in [6, 6.07) is 5.22. The first-order valence-corrected chi connectivity index (χ1v) is 8.20.